The molecule has 4 aromatic carbocycles. The number of rotatable bonds is 18. The summed E-state index contributed by atoms with van der Waals surface area (Å²) < 4.78 is 56.7. The third-order valence-corrected chi connectivity index (χ3v) is 16.7. The number of carbonyl (C=O) groups excluding carboxylic acids is 6. The Hall–Kier alpha value is -6.46. The summed E-state index contributed by atoms with van der Waals surface area (Å²) in [7, 11) is 1.60. The van der Waals surface area contributed by atoms with Crippen molar-refractivity contribution in [3.05, 3.63) is 124 Å². The van der Waals surface area contributed by atoms with E-state index < -0.39 is 88.8 Å². The van der Waals surface area contributed by atoms with Gasteiger partial charge in [0.25, 0.3) is 5.91 Å². The number of nitrogens with one attached hydrogen (secondary N) is 6. The lowest BCUT2D eigenvalue weighted by atomic mass is 9.74. The number of Topliss-reactive ketones (excluding diaryl/α,β-unsaturated/α-hetero) is 1. The molecule has 80 heavy (non-hydrogen) atoms. The van der Waals surface area contributed by atoms with Crippen LogP contribution in [0.25, 0.3) is 0 Å². The Morgan fingerprint density at radius 3 is 2.31 bits per heavy atom. The summed E-state index contributed by atoms with van der Waals surface area (Å²) in [5.41, 5.74) is 0.701. The fraction of sp³-hybridized carbons (Fsp3) is 0.483. The van der Waals surface area contributed by atoms with E-state index in [1.807, 2.05) is 26.0 Å². The number of para-hydroxylation sites is 1. The van der Waals surface area contributed by atoms with Gasteiger partial charge in [-0.15, -0.1) is 0 Å². The molecular weight excluding hydrogens is 1060 g/mol. The van der Waals surface area contributed by atoms with Crippen molar-refractivity contribution in [1.82, 2.24) is 36.0 Å². The summed E-state index contributed by atoms with van der Waals surface area (Å²) in [5, 5.41) is 17.2. The zero-order chi connectivity index (χ0) is 57.0. The first-order valence-corrected chi connectivity index (χ1v) is 27.7. The van der Waals surface area contributed by atoms with Crippen LogP contribution in [-0.2, 0) is 56.6 Å². The lowest BCUT2D eigenvalue weighted by molar-refractivity contribution is -0.144. The molecule has 0 unspecified atom stereocenters. The fourth-order valence-corrected chi connectivity index (χ4v) is 12.1. The highest BCUT2D eigenvalue weighted by Crippen LogP contribution is 2.45. The molecule has 6 N–H and O–H groups in total. The molecule has 5 heterocycles. The van der Waals surface area contributed by atoms with Crippen LogP contribution in [0.3, 0.4) is 0 Å². The largest absolute Gasteiger partial charge is 0.381 e. The lowest BCUT2D eigenvalue weighted by Crippen LogP contribution is -2.66. The van der Waals surface area contributed by atoms with Gasteiger partial charge in [-0.05, 0) is 125 Å². The number of anilines is 3. The highest BCUT2D eigenvalue weighted by molar-refractivity contribution is 6.30. The maximum absolute atomic E-state index is 15.6. The fourth-order valence-electron chi connectivity index (χ4n) is 11.8. The topological polar surface area (TPSA) is 206 Å². The predicted octanol–water partition coefficient (Wildman–Crippen LogP) is 4.54. The standard InChI is InChI=1S/C58H70ClF3N10O8/c1-33-28-70(43(26-64-33)30-69-19-22-80-31-34(69)2)36(4)53(74)58(32-72(59)48-24-38(11-16-45(48)58)23-37-9-13-41(60)14-10-37)57(78)65-27-49(73)66-42-15-12-40-29-71(52(44(40)25-42)55(76)68-51-46(61)7-6-8-47(51)62)56(77)50(39-17-20-79-21-18-39)67-54(75)35(3)63-5/h6-16,24-25,33-36,39,43,50,52,63-64H,17-23,26-32H2,1-5H3,(H,65,78)(H,66,73)(H,67,75)(H,68,76)/t33-,34-,35+,36-,43-,50+,52+,58+/m1/s1. The first-order valence-electron chi connectivity index (χ1n) is 27.3. The minimum Gasteiger partial charge on any atom is -0.381 e. The summed E-state index contributed by atoms with van der Waals surface area (Å²) in [6.07, 6.45) is 1.29. The maximum Gasteiger partial charge on any atom is 0.252 e. The van der Waals surface area contributed by atoms with Gasteiger partial charge in [0.1, 0.15) is 35.2 Å². The number of nitrogens with zero attached hydrogens (tertiary/aromatic N) is 4. The van der Waals surface area contributed by atoms with Crippen LogP contribution in [-0.4, -0.2) is 159 Å². The number of fused-ring (bicyclic) bond motifs is 2. The minimum absolute atomic E-state index is 0.0303. The number of piperazine rings is 1. The van der Waals surface area contributed by atoms with E-state index in [4.69, 9.17) is 21.3 Å². The summed E-state index contributed by atoms with van der Waals surface area (Å²) in [6, 6.07) is 15.3. The predicted molar refractivity (Wildman–Crippen MR) is 295 cm³/mol. The van der Waals surface area contributed by atoms with Gasteiger partial charge in [-0.2, -0.15) is 0 Å². The Morgan fingerprint density at radius 1 is 0.875 bits per heavy atom. The Labute approximate surface area is 468 Å². The summed E-state index contributed by atoms with van der Waals surface area (Å²) in [6.45, 7) is 11.0. The van der Waals surface area contributed by atoms with Crippen molar-refractivity contribution in [3.63, 3.8) is 0 Å². The normalized spacial score (nSPS) is 23.6. The first kappa shape index (κ1) is 58.2. The van der Waals surface area contributed by atoms with E-state index in [-0.39, 0.29) is 54.2 Å². The van der Waals surface area contributed by atoms with Crippen LogP contribution in [0.4, 0.5) is 30.2 Å². The highest BCUT2D eigenvalue weighted by Gasteiger charge is 2.57. The number of hydrogen-bond acceptors (Lipinski definition) is 13. The van der Waals surface area contributed by atoms with Gasteiger partial charge in [-0.1, -0.05) is 36.4 Å². The molecule has 8 atom stereocenters. The Balaban J connectivity index is 0.986. The van der Waals surface area contributed by atoms with Crippen molar-refractivity contribution < 1.29 is 51.4 Å². The third kappa shape index (κ3) is 12.4. The number of halogens is 4. The van der Waals surface area contributed by atoms with E-state index in [0.29, 0.717) is 82.1 Å². The van der Waals surface area contributed by atoms with Crippen molar-refractivity contribution in [2.24, 2.45) is 5.92 Å². The second kappa shape index (κ2) is 25.1. The zero-order valence-electron chi connectivity index (χ0n) is 45.6. The first-order chi connectivity index (χ1) is 38.4. The summed E-state index contributed by atoms with van der Waals surface area (Å²) in [4.78, 5) is 93.3. The van der Waals surface area contributed by atoms with Gasteiger partial charge >= 0.3 is 0 Å². The molecule has 5 aliphatic heterocycles. The summed E-state index contributed by atoms with van der Waals surface area (Å²) >= 11 is 7.05. The van der Waals surface area contributed by atoms with E-state index >= 15 is 18.4 Å². The maximum atomic E-state index is 15.6. The van der Waals surface area contributed by atoms with Gasteiger partial charge in [0, 0.05) is 87.1 Å². The van der Waals surface area contributed by atoms with Gasteiger partial charge < -0.3 is 46.3 Å². The van der Waals surface area contributed by atoms with E-state index in [1.165, 1.54) is 27.5 Å². The van der Waals surface area contributed by atoms with Crippen LogP contribution in [0.15, 0.2) is 78.9 Å². The number of benzene rings is 4. The van der Waals surface area contributed by atoms with E-state index in [9.17, 15) is 23.6 Å². The Morgan fingerprint density at radius 2 is 1.60 bits per heavy atom. The number of morpholine rings is 1. The SMILES string of the molecule is CN[C@@H](C)C(=O)N[C@H](C(=O)N1Cc2ccc(NC(=O)CNC(=O)[C@@]3(C(=O)[C@@H](C)N4C[C@@H](C)NC[C@@H]4CN4CCOC[C@H]4C)CN(Cl)c4cc(Cc5ccc(F)cc5)ccc43)cc2[C@H]1C(=O)Nc1c(F)cccc1F)C1CCOCC1. The molecule has 3 saturated heterocycles. The van der Waals surface area contributed by atoms with Crippen LogP contribution >= 0.6 is 11.8 Å². The van der Waals surface area contributed by atoms with Crippen molar-refractivity contribution in [1.29, 1.82) is 0 Å². The molecule has 5 aliphatic rings. The van der Waals surface area contributed by atoms with Crippen LogP contribution in [0.1, 0.15) is 74.4 Å². The zero-order valence-corrected chi connectivity index (χ0v) is 46.3. The average Bonchev–Trinajstić information content (AvgIpc) is 4.03. The monoisotopic (exact) mass is 1130 g/mol. The van der Waals surface area contributed by atoms with Crippen molar-refractivity contribution in [2.75, 3.05) is 87.8 Å². The molecule has 0 radical (unpaired) electrons. The third-order valence-electron chi connectivity index (χ3n) is 16.4. The lowest BCUT2D eigenvalue weighted by Gasteiger charge is -2.46. The van der Waals surface area contributed by atoms with Gasteiger partial charge in [0.2, 0.25) is 23.6 Å². The molecule has 0 bridgehead atoms. The average molecular weight is 1130 g/mol. The van der Waals surface area contributed by atoms with Gasteiger partial charge in [-0.25, -0.2) is 13.2 Å². The Bertz CT molecular complexity index is 2950. The van der Waals surface area contributed by atoms with Crippen molar-refractivity contribution in [3.8, 4) is 0 Å². The number of carbonyl (C=O) groups is 6. The van der Waals surface area contributed by atoms with Crippen LogP contribution in [0.5, 0.6) is 0 Å². The number of hydrogen-bond donors (Lipinski definition) is 6. The summed E-state index contributed by atoms with van der Waals surface area (Å²) in [5.74, 6) is -6.70. The second-order valence-corrected chi connectivity index (χ2v) is 22.2. The Kier molecular flexibility index (Phi) is 18.3. The smallest absolute Gasteiger partial charge is 0.252 e. The molecule has 9 rings (SSSR count). The number of ether oxygens (including phenoxy) is 2. The molecule has 0 aliphatic carbocycles. The molecular formula is C58H70ClF3N10O8. The van der Waals surface area contributed by atoms with Crippen molar-refractivity contribution >= 4 is 64.2 Å². The second-order valence-electron chi connectivity index (χ2n) is 21.7. The van der Waals surface area contributed by atoms with E-state index in [0.717, 1.165) is 35.9 Å². The van der Waals surface area contributed by atoms with E-state index in [2.05, 4.69) is 48.6 Å². The van der Waals surface area contributed by atoms with Crippen LogP contribution < -0.4 is 36.3 Å². The quantitative estimate of drug-likeness (QED) is 0.0599. The molecule has 428 valence electrons. The van der Waals surface area contributed by atoms with Gasteiger partial charge in [0.05, 0.1) is 44.1 Å². The number of ketones is 1. The van der Waals surface area contributed by atoms with Gasteiger partial charge in [-0.3, -0.25) is 43.0 Å². The minimum atomic E-state index is -1.90. The molecule has 4 aromatic rings. The van der Waals surface area contributed by atoms with E-state index in [1.54, 1.807) is 44.3 Å². The molecule has 3 fully saturated rings. The molecule has 0 spiro atoms. The van der Waals surface area contributed by atoms with Gasteiger partial charge in [0.15, 0.2) is 11.2 Å². The van der Waals surface area contributed by atoms with Crippen molar-refractivity contribution in [2.45, 2.75) is 101 Å². The highest BCUT2D eigenvalue weighted by atomic mass is 35.5. The van der Waals surface area contributed by atoms with Crippen LogP contribution in [0.2, 0.25) is 0 Å². The number of amides is 5. The molecule has 5 amide bonds. The molecule has 22 heteroatoms. The van der Waals surface area contributed by atoms with Crippen LogP contribution in [0, 0.1) is 23.4 Å². The number of likely N-dealkylation sites (N-methyl/N-ethyl adjacent to an activating group) is 1. The molecule has 0 saturated carbocycles. The molecule has 18 nitrogen and oxygen atoms in total. The molecule has 0 aromatic heterocycles.